The second-order valence-corrected chi connectivity index (χ2v) is 4.09. The third kappa shape index (κ3) is 2.13. The van der Waals surface area contributed by atoms with Crippen molar-refractivity contribution < 1.29 is 10.2 Å². The molecule has 0 saturated carbocycles. The highest BCUT2D eigenvalue weighted by Crippen LogP contribution is 2.37. The van der Waals surface area contributed by atoms with Crippen LogP contribution in [0.3, 0.4) is 0 Å². The molecule has 0 aliphatic heterocycles. The van der Waals surface area contributed by atoms with Gasteiger partial charge in [0.2, 0.25) is 5.88 Å². The highest BCUT2D eigenvalue weighted by atomic mass is 16.3. The largest absolute Gasteiger partial charge is 0.508 e. The van der Waals surface area contributed by atoms with E-state index in [4.69, 9.17) is 0 Å². The van der Waals surface area contributed by atoms with Crippen molar-refractivity contribution in [1.29, 1.82) is 0 Å². The Kier molecular flexibility index (Phi) is 2.64. The van der Waals surface area contributed by atoms with Crippen LogP contribution in [0.4, 0.5) is 11.4 Å². The average molecular weight is 253 g/mol. The van der Waals surface area contributed by atoms with Crippen molar-refractivity contribution in [2.45, 2.75) is 0 Å². The summed E-state index contributed by atoms with van der Waals surface area (Å²) in [5, 5.41) is 28.0. The van der Waals surface area contributed by atoms with Gasteiger partial charge in [-0.1, -0.05) is 18.2 Å². The van der Waals surface area contributed by atoms with Crippen LogP contribution < -0.4 is 0 Å². The van der Waals surface area contributed by atoms with Gasteiger partial charge in [0.25, 0.3) is 0 Å². The molecule has 0 saturated heterocycles. The molecule has 3 rings (SSSR count). The molecule has 0 atom stereocenters. The third-order valence-electron chi connectivity index (χ3n) is 2.76. The SMILES string of the molecule is Oc1ccc2c(N=Nc3ccccc3)c(O)[nH]c2c1. The molecule has 0 bridgehead atoms. The van der Waals surface area contributed by atoms with Gasteiger partial charge in [-0.15, -0.1) is 5.11 Å². The number of hydrogen-bond acceptors (Lipinski definition) is 4. The second kappa shape index (κ2) is 4.45. The van der Waals surface area contributed by atoms with E-state index in [0.29, 0.717) is 22.3 Å². The maximum atomic E-state index is 9.81. The lowest BCUT2D eigenvalue weighted by atomic mass is 10.2. The number of phenols is 1. The topological polar surface area (TPSA) is 81.0 Å². The predicted octanol–water partition coefficient (Wildman–Crippen LogP) is 3.99. The summed E-state index contributed by atoms with van der Waals surface area (Å²) in [7, 11) is 0. The van der Waals surface area contributed by atoms with Crippen LogP contribution in [0.25, 0.3) is 10.9 Å². The number of rotatable bonds is 2. The fourth-order valence-corrected chi connectivity index (χ4v) is 1.86. The van der Waals surface area contributed by atoms with Crippen LogP contribution in [-0.4, -0.2) is 15.2 Å². The zero-order chi connectivity index (χ0) is 13.2. The number of azo groups is 1. The van der Waals surface area contributed by atoms with Gasteiger partial charge in [-0.3, -0.25) is 0 Å². The van der Waals surface area contributed by atoms with Crippen LogP contribution in [0.15, 0.2) is 58.8 Å². The van der Waals surface area contributed by atoms with Crippen molar-refractivity contribution in [3.8, 4) is 11.6 Å². The minimum atomic E-state index is -0.0692. The van der Waals surface area contributed by atoms with Crippen LogP contribution >= 0.6 is 0 Å². The van der Waals surface area contributed by atoms with E-state index in [1.54, 1.807) is 6.07 Å². The molecule has 0 amide bonds. The Hall–Kier alpha value is -2.82. The van der Waals surface area contributed by atoms with E-state index in [2.05, 4.69) is 15.2 Å². The van der Waals surface area contributed by atoms with Gasteiger partial charge in [-0.25, -0.2) is 0 Å². The molecule has 19 heavy (non-hydrogen) atoms. The second-order valence-electron chi connectivity index (χ2n) is 4.09. The molecule has 0 aliphatic rings. The minimum absolute atomic E-state index is 0.0692. The van der Waals surface area contributed by atoms with Gasteiger partial charge in [0.1, 0.15) is 5.75 Å². The number of hydrogen-bond donors (Lipinski definition) is 3. The van der Waals surface area contributed by atoms with Crippen LogP contribution in [0.5, 0.6) is 11.6 Å². The lowest BCUT2D eigenvalue weighted by molar-refractivity contribution is 0.459. The molecule has 5 heteroatoms. The molecule has 3 N–H and O–H groups in total. The molecular weight excluding hydrogens is 242 g/mol. The Morgan fingerprint density at radius 3 is 2.47 bits per heavy atom. The van der Waals surface area contributed by atoms with Gasteiger partial charge in [-0.2, -0.15) is 5.11 Å². The van der Waals surface area contributed by atoms with E-state index in [9.17, 15) is 10.2 Å². The van der Waals surface area contributed by atoms with E-state index in [-0.39, 0.29) is 11.6 Å². The maximum Gasteiger partial charge on any atom is 0.218 e. The van der Waals surface area contributed by atoms with Crippen LogP contribution in [0.2, 0.25) is 0 Å². The lowest BCUT2D eigenvalue weighted by Crippen LogP contribution is -1.67. The summed E-state index contributed by atoms with van der Waals surface area (Å²) < 4.78 is 0. The van der Waals surface area contributed by atoms with Crippen molar-refractivity contribution in [2.75, 3.05) is 0 Å². The number of H-pyrrole nitrogens is 1. The first-order chi connectivity index (χ1) is 9.24. The first-order valence-electron chi connectivity index (χ1n) is 5.74. The summed E-state index contributed by atoms with van der Waals surface area (Å²) in [4.78, 5) is 2.75. The van der Waals surface area contributed by atoms with Crippen molar-refractivity contribution in [1.82, 2.24) is 4.98 Å². The normalized spacial score (nSPS) is 11.4. The number of aromatic amines is 1. The maximum absolute atomic E-state index is 9.81. The van der Waals surface area contributed by atoms with Gasteiger partial charge in [-0.05, 0) is 24.3 Å². The summed E-state index contributed by atoms with van der Waals surface area (Å²) >= 11 is 0. The van der Waals surface area contributed by atoms with Crippen molar-refractivity contribution >= 4 is 22.3 Å². The van der Waals surface area contributed by atoms with Crippen LogP contribution in [-0.2, 0) is 0 Å². The van der Waals surface area contributed by atoms with E-state index >= 15 is 0 Å². The number of nitrogens with zero attached hydrogens (tertiary/aromatic N) is 2. The Morgan fingerprint density at radius 2 is 1.68 bits per heavy atom. The van der Waals surface area contributed by atoms with Crippen molar-refractivity contribution in [3.05, 3.63) is 48.5 Å². The molecule has 94 valence electrons. The van der Waals surface area contributed by atoms with E-state index in [1.165, 1.54) is 12.1 Å². The fourth-order valence-electron chi connectivity index (χ4n) is 1.86. The quantitative estimate of drug-likeness (QED) is 0.603. The molecule has 0 aliphatic carbocycles. The zero-order valence-electron chi connectivity index (χ0n) is 9.91. The summed E-state index contributed by atoms with van der Waals surface area (Å²) in [5.74, 6) is 0.0561. The van der Waals surface area contributed by atoms with E-state index < -0.39 is 0 Å². The molecule has 0 fully saturated rings. The minimum Gasteiger partial charge on any atom is -0.508 e. The third-order valence-corrected chi connectivity index (χ3v) is 2.76. The molecular formula is C14H11N3O2. The summed E-state index contributed by atoms with van der Waals surface area (Å²) in [5.41, 5.74) is 1.67. The number of benzene rings is 2. The fraction of sp³-hybridized carbons (Fsp3) is 0. The highest BCUT2D eigenvalue weighted by Gasteiger charge is 2.10. The summed E-state index contributed by atoms with van der Waals surface area (Å²) in [6.45, 7) is 0. The van der Waals surface area contributed by atoms with Crippen LogP contribution in [0, 0.1) is 0 Å². The molecule has 1 heterocycles. The van der Waals surface area contributed by atoms with Gasteiger partial charge in [0.05, 0.1) is 11.2 Å². The van der Waals surface area contributed by atoms with Gasteiger partial charge in [0, 0.05) is 11.5 Å². The molecule has 1 aromatic heterocycles. The van der Waals surface area contributed by atoms with Crippen molar-refractivity contribution in [3.63, 3.8) is 0 Å². The number of aromatic nitrogens is 1. The Labute approximate surface area is 108 Å². The first-order valence-corrected chi connectivity index (χ1v) is 5.74. The molecule has 2 aromatic carbocycles. The van der Waals surface area contributed by atoms with Gasteiger partial charge in [0.15, 0.2) is 5.69 Å². The Balaban J connectivity index is 2.06. The van der Waals surface area contributed by atoms with Crippen LogP contribution in [0.1, 0.15) is 0 Å². The number of aromatic hydroxyl groups is 2. The molecule has 0 radical (unpaired) electrons. The zero-order valence-corrected chi connectivity index (χ0v) is 9.91. The average Bonchev–Trinajstić information content (AvgIpc) is 2.72. The highest BCUT2D eigenvalue weighted by molar-refractivity contribution is 5.94. The van der Waals surface area contributed by atoms with Crippen molar-refractivity contribution in [2.24, 2.45) is 10.2 Å². The summed E-state index contributed by atoms with van der Waals surface area (Å²) in [6, 6.07) is 14.0. The number of nitrogens with one attached hydrogen (secondary N) is 1. The summed E-state index contributed by atoms with van der Waals surface area (Å²) in [6.07, 6.45) is 0. The van der Waals surface area contributed by atoms with Gasteiger partial charge < -0.3 is 15.2 Å². The Bertz CT molecular complexity index is 748. The molecule has 5 nitrogen and oxygen atoms in total. The number of fused-ring (bicyclic) bond motifs is 1. The smallest absolute Gasteiger partial charge is 0.218 e. The van der Waals surface area contributed by atoms with Gasteiger partial charge >= 0.3 is 0 Å². The monoisotopic (exact) mass is 253 g/mol. The Morgan fingerprint density at radius 1 is 0.895 bits per heavy atom. The molecule has 3 aromatic rings. The lowest BCUT2D eigenvalue weighted by Gasteiger charge is -1.93. The van der Waals surface area contributed by atoms with E-state index in [1.807, 2.05) is 30.3 Å². The van der Waals surface area contributed by atoms with E-state index in [0.717, 1.165) is 0 Å². The molecule has 0 spiro atoms. The number of phenolic OH excluding ortho intramolecular Hbond substituents is 1. The standard InChI is InChI=1S/C14H11N3O2/c18-10-6-7-11-12(8-10)15-14(19)13(11)17-16-9-4-2-1-3-5-9/h1-8,15,18-19H. The molecule has 0 unspecified atom stereocenters. The predicted molar refractivity (Wildman–Crippen MR) is 72.2 cm³/mol. The first kappa shape index (κ1) is 11.3.